The van der Waals surface area contributed by atoms with Crippen molar-refractivity contribution in [3.63, 3.8) is 0 Å². The third kappa shape index (κ3) is 4.76. The third-order valence-electron chi connectivity index (χ3n) is 7.31. The minimum atomic E-state index is -1.23. The van der Waals surface area contributed by atoms with Crippen molar-refractivity contribution < 1.29 is 17.9 Å². The first-order valence-electron chi connectivity index (χ1n) is 11.6. The van der Waals surface area contributed by atoms with Gasteiger partial charge in [-0.2, -0.15) is 0 Å². The lowest BCUT2D eigenvalue weighted by molar-refractivity contribution is 0.0607. The predicted octanol–water partition coefficient (Wildman–Crippen LogP) is 4.50. The number of aromatic nitrogens is 2. The molecule has 8 heteroatoms. The van der Waals surface area contributed by atoms with E-state index in [-0.39, 0.29) is 11.3 Å². The van der Waals surface area contributed by atoms with Crippen LogP contribution in [-0.2, 0) is 4.74 Å². The standard InChI is InChI=1S/C24H29F3N4O/c25-18-11-20(24(27)21(26)12-18)22-1-2-23(30-29-22)28-19-9-16-13-31(14-17(16)10-19)6-3-15-4-7-32-8-5-15/h1-2,11-12,15-17,19H,3-10,13-14H2,(H,28,30)/t16-,17+,19?. The average Bonchev–Trinajstić information content (AvgIpc) is 3.34. The van der Waals surface area contributed by atoms with E-state index in [2.05, 4.69) is 20.4 Å². The second kappa shape index (κ2) is 9.35. The number of nitrogens with zero attached hydrogens (tertiary/aromatic N) is 3. The van der Waals surface area contributed by atoms with Gasteiger partial charge in [-0.25, -0.2) is 13.2 Å². The van der Waals surface area contributed by atoms with Crippen LogP contribution in [0.4, 0.5) is 19.0 Å². The van der Waals surface area contributed by atoms with E-state index in [0.717, 1.165) is 38.0 Å². The maximum absolute atomic E-state index is 14.0. The predicted molar refractivity (Wildman–Crippen MR) is 116 cm³/mol. The van der Waals surface area contributed by atoms with Crippen molar-refractivity contribution in [3.05, 3.63) is 41.7 Å². The molecular weight excluding hydrogens is 417 g/mol. The van der Waals surface area contributed by atoms with Gasteiger partial charge < -0.3 is 15.0 Å². The minimum Gasteiger partial charge on any atom is -0.381 e. The highest BCUT2D eigenvalue weighted by molar-refractivity contribution is 5.60. The molecule has 0 amide bonds. The molecule has 1 aromatic carbocycles. The van der Waals surface area contributed by atoms with Crippen LogP contribution in [-0.4, -0.2) is 54.0 Å². The van der Waals surface area contributed by atoms with Gasteiger partial charge in [0, 0.05) is 44.0 Å². The van der Waals surface area contributed by atoms with E-state index in [0.29, 0.717) is 29.8 Å². The molecule has 5 rings (SSSR count). The number of rotatable bonds is 6. The first-order valence-corrected chi connectivity index (χ1v) is 11.6. The van der Waals surface area contributed by atoms with Gasteiger partial charge in [0.15, 0.2) is 11.6 Å². The van der Waals surface area contributed by atoms with Crippen LogP contribution in [0.1, 0.15) is 32.1 Å². The number of benzene rings is 1. The van der Waals surface area contributed by atoms with Crippen molar-refractivity contribution in [3.8, 4) is 11.3 Å². The van der Waals surface area contributed by atoms with E-state index in [1.165, 1.54) is 38.9 Å². The fourth-order valence-corrected chi connectivity index (χ4v) is 5.60. The Balaban J connectivity index is 1.12. The molecule has 172 valence electrons. The summed E-state index contributed by atoms with van der Waals surface area (Å²) in [6, 6.07) is 5.03. The molecule has 1 aliphatic carbocycles. The fraction of sp³-hybridized carbons (Fsp3) is 0.583. The summed E-state index contributed by atoms with van der Waals surface area (Å²) in [5, 5.41) is 11.5. The lowest BCUT2D eigenvalue weighted by Gasteiger charge is -2.25. The van der Waals surface area contributed by atoms with Crippen LogP contribution >= 0.6 is 0 Å². The monoisotopic (exact) mass is 446 g/mol. The largest absolute Gasteiger partial charge is 0.381 e. The van der Waals surface area contributed by atoms with Gasteiger partial charge in [-0.1, -0.05) is 0 Å². The van der Waals surface area contributed by atoms with Crippen molar-refractivity contribution in [2.75, 3.05) is 38.2 Å². The van der Waals surface area contributed by atoms with Gasteiger partial charge >= 0.3 is 0 Å². The maximum Gasteiger partial charge on any atom is 0.168 e. The van der Waals surface area contributed by atoms with Gasteiger partial charge in [0.25, 0.3) is 0 Å². The van der Waals surface area contributed by atoms with Gasteiger partial charge in [0.2, 0.25) is 0 Å². The average molecular weight is 447 g/mol. The summed E-state index contributed by atoms with van der Waals surface area (Å²) in [6.45, 7) is 5.37. The van der Waals surface area contributed by atoms with E-state index < -0.39 is 17.5 Å². The van der Waals surface area contributed by atoms with Crippen molar-refractivity contribution >= 4 is 5.82 Å². The Morgan fingerprint density at radius 1 is 1.00 bits per heavy atom. The molecule has 1 saturated carbocycles. The first kappa shape index (κ1) is 21.6. The number of ether oxygens (including phenoxy) is 1. The van der Waals surface area contributed by atoms with Crippen LogP contribution in [0.15, 0.2) is 24.3 Å². The zero-order valence-electron chi connectivity index (χ0n) is 18.1. The molecule has 3 heterocycles. The first-order chi connectivity index (χ1) is 15.5. The topological polar surface area (TPSA) is 50.3 Å². The van der Waals surface area contributed by atoms with E-state index in [1.807, 2.05) is 0 Å². The summed E-state index contributed by atoms with van der Waals surface area (Å²) >= 11 is 0. The quantitative estimate of drug-likeness (QED) is 0.663. The molecule has 2 aliphatic heterocycles. The Morgan fingerprint density at radius 3 is 2.44 bits per heavy atom. The Bertz CT molecular complexity index is 922. The third-order valence-corrected chi connectivity index (χ3v) is 7.31. The van der Waals surface area contributed by atoms with E-state index in [9.17, 15) is 13.2 Å². The fourth-order valence-electron chi connectivity index (χ4n) is 5.60. The molecule has 2 aromatic rings. The molecule has 2 saturated heterocycles. The summed E-state index contributed by atoms with van der Waals surface area (Å²) in [5.74, 6) is -0.362. The van der Waals surface area contributed by atoms with E-state index in [1.54, 1.807) is 12.1 Å². The Hall–Kier alpha value is -2.19. The summed E-state index contributed by atoms with van der Waals surface area (Å²) in [7, 11) is 0. The number of hydrogen-bond acceptors (Lipinski definition) is 5. The van der Waals surface area contributed by atoms with Gasteiger partial charge in [0.1, 0.15) is 11.6 Å². The highest BCUT2D eigenvalue weighted by atomic mass is 19.2. The highest BCUT2D eigenvalue weighted by Gasteiger charge is 2.40. The number of anilines is 1. The SMILES string of the molecule is Fc1cc(F)c(F)c(-c2ccc(NC3C[C@@H]4CN(CCC5CCOCC5)C[C@@H]4C3)nn2)c1. The summed E-state index contributed by atoms with van der Waals surface area (Å²) < 4.78 is 46.4. The summed E-state index contributed by atoms with van der Waals surface area (Å²) in [4.78, 5) is 2.63. The molecule has 1 unspecified atom stereocenters. The van der Waals surface area contributed by atoms with Gasteiger partial charge in [0.05, 0.1) is 5.69 Å². The lowest BCUT2D eigenvalue weighted by atomic mass is 9.96. The number of fused-ring (bicyclic) bond motifs is 1. The van der Waals surface area contributed by atoms with Crippen molar-refractivity contribution in [1.29, 1.82) is 0 Å². The molecular formula is C24H29F3N4O. The molecule has 1 N–H and O–H groups in total. The molecule has 3 fully saturated rings. The zero-order chi connectivity index (χ0) is 22.1. The summed E-state index contributed by atoms with van der Waals surface area (Å²) in [5.41, 5.74) is -0.118. The van der Waals surface area contributed by atoms with Crippen molar-refractivity contribution in [2.45, 2.75) is 38.1 Å². The van der Waals surface area contributed by atoms with Crippen LogP contribution in [0.5, 0.6) is 0 Å². The van der Waals surface area contributed by atoms with E-state index >= 15 is 0 Å². The molecule has 0 radical (unpaired) electrons. The van der Waals surface area contributed by atoms with Crippen LogP contribution in [0.3, 0.4) is 0 Å². The number of hydrogen-bond donors (Lipinski definition) is 1. The molecule has 0 spiro atoms. The Morgan fingerprint density at radius 2 is 1.75 bits per heavy atom. The lowest BCUT2D eigenvalue weighted by Crippen LogP contribution is -2.28. The molecule has 3 aliphatic rings. The van der Waals surface area contributed by atoms with Crippen LogP contribution in [0.25, 0.3) is 11.3 Å². The minimum absolute atomic E-state index is 0.106. The molecule has 32 heavy (non-hydrogen) atoms. The Kier molecular flexibility index (Phi) is 6.33. The van der Waals surface area contributed by atoms with E-state index in [4.69, 9.17) is 4.74 Å². The van der Waals surface area contributed by atoms with Crippen LogP contribution in [0.2, 0.25) is 0 Å². The van der Waals surface area contributed by atoms with Gasteiger partial charge in [-0.15, -0.1) is 10.2 Å². The zero-order valence-corrected chi connectivity index (χ0v) is 18.1. The molecule has 1 aromatic heterocycles. The highest BCUT2D eigenvalue weighted by Crippen LogP contribution is 2.39. The normalized spacial score (nSPS) is 26.4. The van der Waals surface area contributed by atoms with Crippen LogP contribution < -0.4 is 5.32 Å². The second-order valence-electron chi connectivity index (χ2n) is 9.49. The molecule has 0 bridgehead atoms. The van der Waals surface area contributed by atoms with Crippen molar-refractivity contribution in [2.24, 2.45) is 17.8 Å². The number of nitrogens with one attached hydrogen (secondary N) is 1. The summed E-state index contributed by atoms with van der Waals surface area (Å²) in [6.07, 6.45) is 5.89. The Labute approximate surface area is 186 Å². The molecule has 3 atom stereocenters. The number of halogens is 3. The second-order valence-corrected chi connectivity index (χ2v) is 9.49. The van der Waals surface area contributed by atoms with Gasteiger partial charge in [-0.3, -0.25) is 0 Å². The number of likely N-dealkylation sites (tertiary alicyclic amines) is 1. The van der Waals surface area contributed by atoms with Gasteiger partial charge in [-0.05, 0) is 74.6 Å². The molecule has 5 nitrogen and oxygen atoms in total. The van der Waals surface area contributed by atoms with Crippen molar-refractivity contribution in [1.82, 2.24) is 15.1 Å². The maximum atomic E-state index is 14.0. The van der Waals surface area contributed by atoms with Crippen LogP contribution in [0, 0.1) is 35.2 Å². The smallest absolute Gasteiger partial charge is 0.168 e.